The summed E-state index contributed by atoms with van der Waals surface area (Å²) in [5.41, 5.74) is 2.39. The van der Waals surface area contributed by atoms with Gasteiger partial charge in [0, 0.05) is 35.6 Å². The van der Waals surface area contributed by atoms with Gasteiger partial charge in [-0.1, -0.05) is 23.9 Å². The van der Waals surface area contributed by atoms with Gasteiger partial charge in [0.05, 0.1) is 16.6 Å². The Bertz CT molecular complexity index is 1550. The van der Waals surface area contributed by atoms with Gasteiger partial charge in [-0.25, -0.2) is 9.97 Å². The molecule has 2 heterocycles. The Labute approximate surface area is 200 Å². The van der Waals surface area contributed by atoms with E-state index >= 15 is 0 Å². The van der Waals surface area contributed by atoms with Crippen LogP contribution in [0.2, 0.25) is 0 Å². The summed E-state index contributed by atoms with van der Waals surface area (Å²) in [6.07, 6.45) is 3.66. The number of carbonyl (C=O) groups is 1. The van der Waals surface area contributed by atoms with Gasteiger partial charge >= 0.3 is 0 Å². The molecule has 0 fully saturated rings. The molecule has 3 aromatic carbocycles. The number of hydrogen-bond acceptors (Lipinski definition) is 5. The topological polar surface area (TPSA) is 81.8 Å². The van der Waals surface area contributed by atoms with Crippen LogP contribution in [0.25, 0.3) is 16.6 Å². The monoisotopic (exact) mass is 467 g/mol. The first-order chi connectivity index (χ1) is 16.5. The van der Waals surface area contributed by atoms with E-state index in [2.05, 4.69) is 15.3 Å². The Balaban J connectivity index is 1.32. The Morgan fingerprint density at radius 2 is 1.71 bits per heavy atom. The average Bonchev–Trinajstić information content (AvgIpc) is 3.25. The van der Waals surface area contributed by atoms with E-state index in [0.29, 0.717) is 33.7 Å². The molecule has 8 heteroatoms. The van der Waals surface area contributed by atoms with E-state index in [4.69, 9.17) is 0 Å². The fourth-order valence-corrected chi connectivity index (χ4v) is 4.48. The molecule has 0 atom stereocenters. The lowest BCUT2D eigenvalue weighted by molar-refractivity contribution is 0.102. The van der Waals surface area contributed by atoms with Crippen molar-refractivity contribution in [2.75, 3.05) is 5.32 Å². The molecule has 0 aliphatic rings. The van der Waals surface area contributed by atoms with Gasteiger partial charge in [0.25, 0.3) is 11.5 Å². The van der Waals surface area contributed by atoms with E-state index in [-0.39, 0.29) is 11.5 Å². The van der Waals surface area contributed by atoms with Crippen LogP contribution in [0.15, 0.2) is 100 Å². The normalized spacial score (nSPS) is 11.0. The predicted octanol–water partition coefficient (Wildman–Crippen LogP) is 4.83. The van der Waals surface area contributed by atoms with Crippen molar-refractivity contribution in [1.29, 1.82) is 0 Å². The summed E-state index contributed by atoms with van der Waals surface area (Å²) >= 11 is 1.55. The molecule has 1 amide bonds. The van der Waals surface area contributed by atoms with Gasteiger partial charge in [0.15, 0.2) is 5.16 Å². The number of benzene rings is 3. The van der Waals surface area contributed by atoms with E-state index in [9.17, 15) is 9.59 Å². The number of nitrogens with zero attached hydrogens (tertiary/aromatic N) is 4. The van der Waals surface area contributed by atoms with Gasteiger partial charge in [-0.2, -0.15) is 0 Å². The van der Waals surface area contributed by atoms with Crippen LogP contribution in [-0.4, -0.2) is 25.0 Å². The second-order valence-electron chi connectivity index (χ2n) is 7.76. The molecule has 0 aliphatic heterocycles. The van der Waals surface area contributed by atoms with Gasteiger partial charge in [-0.05, 0) is 67.6 Å². The molecule has 0 unspecified atom stereocenters. The number of nitrogens with one attached hydrogen (secondary N) is 1. The number of aromatic nitrogens is 4. The van der Waals surface area contributed by atoms with Crippen molar-refractivity contribution in [3.05, 3.63) is 107 Å². The molecule has 7 nitrogen and oxygen atoms in total. The Morgan fingerprint density at radius 1 is 0.971 bits per heavy atom. The van der Waals surface area contributed by atoms with Crippen molar-refractivity contribution in [2.24, 2.45) is 7.05 Å². The molecule has 34 heavy (non-hydrogen) atoms. The number of rotatable bonds is 5. The number of aryl methyl sites for hydroxylation is 2. The van der Waals surface area contributed by atoms with Crippen LogP contribution in [0.5, 0.6) is 0 Å². The van der Waals surface area contributed by atoms with Gasteiger partial charge in [0.2, 0.25) is 0 Å². The van der Waals surface area contributed by atoms with Crippen LogP contribution in [0, 0.1) is 6.92 Å². The quantitative estimate of drug-likeness (QED) is 0.400. The summed E-state index contributed by atoms with van der Waals surface area (Å²) in [7, 11) is 1.95. The summed E-state index contributed by atoms with van der Waals surface area (Å²) in [5.74, 6) is 0.362. The van der Waals surface area contributed by atoms with Gasteiger partial charge in [-0.15, -0.1) is 0 Å². The number of para-hydroxylation sites is 1. The smallest absolute Gasteiger partial charge is 0.265 e. The molecule has 5 aromatic rings. The van der Waals surface area contributed by atoms with Crippen LogP contribution in [0.1, 0.15) is 16.2 Å². The van der Waals surface area contributed by atoms with Crippen molar-refractivity contribution < 1.29 is 4.79 Å². The molecule has 0 radical (unpaired) electrons. The SMILES string of the molecule is Cc1nc2ccccc2c(=O)n1-c1ccc(C(=O)Nc2ccc(Sc3nccn3C)cc2)cc1. The summed E-state index contributed by atoms with van der Waals surface area (Å²) in [6.45, 7) is 1.80. The predicted molar refractivity (Wildman–Crippen MR) is 134 cm³/mol. The molecule has 1 N–H and O–H groups in total. The Kier molecular flexibility index (Phi) is 5.73. The number of amides is 1. The third kappa shape index (κ3) is 4.23. The molecular formula is C26H21N5O2S. The Hall–Kier alpha value is -4.17. The third-order valence-electron chi connectivity index (χ3n) is 5.43. The van der Waals surface area contributed by atoms with Crippen molar-refractivity contribution in [2.45, 2.75) is 17.0 Å². The highest BCUT2D eigenvalue weighted by Gasteiger charge is 2.12. The number of carbonyl (C=O) groups excluding carboxylic acids is 1. The van der Waals surface area contributed by atoms with E-state index in [1.54, 1.807) is 59.8 Å². The van der Waals surface area contributed by atoms with Crippen molar-refractivity contribution in [3.63, 3.8) is 0 Å². The van der Waals surface area contributed by atoms with Gasteiger partial charge in [-0.3, -0.25) is 14.2 Å². The van der Waals surface area contributed by atoms with Crippen LogP contribution < -0.4 is 10.9 Å². The molecule has 0 saturated carbocycles. The molecule has 2 aromatic heterocycles. The van der Waals surface area contributed by atoms with Crippen LogP contribution in [0.4, 0.5) is 5.69 Å². The standard InChI is InChI=1S/C26H21N5O2S/c1-17-28-23-6-4-3-5-22(23)25(33)31(17)20-11-7-18(8-12-20)24(32)29-19-9-13-21(14-10-19)34-26-27-15-16-30(26)2/h3-16H,1-2H3,(H,29,32). The summed E-state index contributed by atoms with van der Waals surface area (Å²) in [6, 6.07) is 21.8. The number of hydrogen-bond donors (Lipinski definition) is 1. The first-order valence-corrected chi connectivity index (χ1v) is 11.5. The minimum absolute atomic E-state index is 0.135. The van der Waals surface area contributed by atoms with Crippen molar-refractivity contribution in [1.82, 2.24) is 19.1 Å². The highest BCUT2D eigenvalue weighted by molar-refractivity contribution is 7.99. The van der Waals surface area contributed by atoms with Crippen LogP contribution in [-0.2, 0) is 7.05 Å². The number of fused-ring (bicyclic) bond motifs is 1. The summed E-state index contributed by atoms with van der Waals surface area (Å²) < 4.78 is 3.51. The summed E-state index contributed by atoms with van der Waals surface area (Å²) in [5, 5.41) is 4.36. The lowest BCUT2D eigenvalue weighted by Crippen LogP contribution is -2.22. The van der Waals surface area contributed by atoms with Crippen molar-refractivity contribution >= 4 is 34.3 Å². The highest BCUT2D eigenvalue weighted by atomic mass is 32.2. The molecule has 0 spiro atoms. The van der Waals surface area contributed by atoms with E-state index in [1.165, 1.54) is 0 Å². The maximum absolute atomic E-state index is 13.0. The molecular weight excluding hydrogens is 446 g/mol. The second kappa shape index (κ2) is 8.99. The zero-order valence-corrected chi connectivity index (χ0v) is 19.4. The van der Waals surface area contributed by atoms with Gasteiger partial charge in [0.1, 0.15) is 5.82 Å². The number of imidazole rings is 1. The van der Waals surface area contributed by atoms with Gasteiger partial charge < -0.3 is 9.88 Å². The zero-order valence-electron chi connectivity index (χ0n) is 18.6. The fourth-order valence-electron chi connectivity index (χ4n) is 3.67. The lowest BCUT2D eigenvalue weighted by Gasteiger charge is -2.12. The lowest BCUT2D eigenvalue weighted by atomic mass is 10.1. The van der Waals surface area contributed by atoms with E-state index < -0.39 is 0 Å². The van der Waals surface area contributed by atoms with Crippen LogP contribution >= 0.6 is 11.8 Å². The first kappa shape index (κ1) is 21.7. The molecule has 5 rings (SSSR count). The summed E-state index contributed by atoms with van der Waals surface area (Å²) in [4.78, 5) is 35.6. The Morgan fingerprint density at radius 3 is 2.41 bits per heavy atom. The largest absolute Gasteiger partial charge is 0.329 e. The van der Waals surface area contributed by atoms with Crippen LogP contribution in [0.3, 0.4) is 0 Å². The average molecular weight is 468 g/mol. The zero-order chi connectivity index (χ0) is 23.7. The minimum Gasteiger partial charge on any atom is -0.329 e. The minimum atomic E-state index is -0.225. The highest BCUT2D eigenvalue weighted by Crippen LogP contribution is 2.27. The molecule has 0 aliphatic carbocycles. The van der Waals surface area contributed by atoms with E-state index in [0.717, 1.165) is 10.1 Å². The molecule has 168 valence electrons. The van der Waals surface area contributed by atoms with E-state index in [1.807, 2.05) is 60.3 Å². The third-order valence-corrected chi connectivity index (χ3v) is 6.51. The number of anilines is 1. The maximum Gasteiger partial charge on any atom is 0.265 e. The second-order valence-corrected chi connectivity index (χ2v) is 8.81. The maximum atomic E-state index is 13.0. The molecule has 0 bridgehead atoms. The first-order valence-electron chi connectivity index (χ1n) is 10.6. The fraction of sp³-hybridized carbons (Fsp3) is 0.0769. The molecule has 0 saturated heterocycles. The van der Waals surface area contributed by atoms with Crippen molar-refractivity contribution in [3.8, 4) is 5.69 Å².